The van der Waals surface area contributed by atoms with Crippen molar-refractivity contribution in [2.75, 3.05) is 13.7 Å². The topological polar surface area (TPSA) is 100 Å². The zero-order valence-corrected chi connectivity index (χ0v) is 20.6. The second-order valence-corrected chi connectivity index (χ2v) is 8.64. The van der Waals surface area contributed by atoms with Gasteiger partial charge in [-0.2, -0.15) is 0 Å². The first-order valence-corrected chi connectivity index (χ1v) is 11.9. The summed E-state index contributed by atoms with van der Waals surface area (Å²) in [4.78, 5) is 12.7. The first-order valence-electron chi connectivity index (χ1n) is 11.9. The molecular weight excluding hydrogens is 470 g/mol. The molecule has 7 nitrogen and oxygen atoms in total. The average Bonchev–Trinajstić information content (AvgIpc) is 2.91. The SMILES string of the molecule is CCOc1cc([C@@H]2C(C(=O)OC)=C(N)Oc3cc(O)ccc32)ccc1OCc1ccc2ccccc2c1. The molecule has 37 heavy (non-hydrogen) atoms. The Bertz CT molecular complexity index is 1510. The molecule has 5 rings (SSSR count). The molecule has 1 atom stereocenters. The molecule has 1 aliphatic rings. The van der Waals surface area contributed by atoms with Gasteiger partial charge in [0.15, 0.2) is 11.5 Å². The molecule has 0 saturated heterocycles. The van der Waals surface area contributed by atoms with E-state index >= 15 is 0 Å². The molecule has 0 amide bonds. The number of hydrogen-bond donors (Lipinski definition) is 2. The van der Waals surface area contributed by atoms with Crippen molar-refractivity contribution < 1.29 is 28.8 Å². The zero-order chi connectivity index (χ0) is 25.9. The van der Waals surface area contributed by atoms with Crippen LogP contribution < -0.4 is 19.9 Å². The van der Waals surface area contributed by atoms with Gasteiger partial charge in [0.1, 0.15) is 23.7 Å². The maximum atomic E-state index is 12.7. The van der Waals surface area contributed by atoms with Crippen molar-refractivity contribution in [3.63, 3.8) is 0 Å². The Balaban J connectivity index is 1.50. The maximum absolute atomic E-state index is 12.7. The number of carbonyl (C=O) groups excluding carboxylic acids is 1. The van der Waals surface area contributed by atoms with Crippen LogP contribution in [0.5, 0.6) is 23.0 Å². The van der Waals surface area contributed by atoms with Gasteiger partial charge in [-0.3, -0.25) is 0 Å². The van der Waals surface area contributed by atoms with Gasteiger partial charge in [-0.25, -0.2) is 4.79 Å². The number of fused-ring (bicyclic) bond motifs is 2. The highest BCUT2D eigenvalue weighted by Crippen LogP contribution is 2.45. The molecule has 1 heterocycles. The summed E-state index contributed by atoms with van der Waals surface area (Å²) < 4.78 is 22.7. The lowest BCUT2D eigenvalue weighted by molar-refractivity contribution is -0.136. The van der Waals surface area contributed by atoms with Crippen LogP contribution in [0, 0.1) is 0 Å². The van der Waals surface area contributed by atoms with Gasteiger partial charge in [0.05, 0.1) is 19.6 Å². The molecule has 0 aliphatic carbocycles. The second-order valence-electron chi connectivity index (χ2n) is 8.64. The Morgan fingerprint density at radius 3 is 2.54 bits per heavy atom. The summed E-state index contributed by atoms with van der Waals surface area (Å²) >= 11 is 0. The van der Waals surface area contributed by atoms with Crippen LogP contribution in [0.25, 0.3) is 10.8 Å². The lowest BCUT2D eigenvalue weighted by Gasteiger charge is -2.28. The number of aromatic hydroxyl groups is 1. The third-order valence-electron chi connectivity index (χ3n) is 6.30. The van der Waals surface area contributed by atoms with Crippen molar-refractivity contribution in [2.24, 2.45) is 5.73 Å². The van der Waals surface area contributed by atoms with Crippen molar-refractivity contribution in [2.45, 2.75) is 19.4 Å². The van der Waals surface area contributed by atoms with Crippen molar-refractivity contribution in [1.29, 1.82) is 0 Å². The standard InChI is InChI=1S/C30H27NO6/c1-3-35-26-15-21(10-13-24(26)36-17-18-8-9-19-6-4-5-7-20(19)14-18)27-23-12-11-22(32)16-25(23)37-29(31)28(27)30(33)34-2/h4-16,27,32H,3,17,31H2,1-2H3/t27-/m0/s1. The minimum absolute atomic E-state index is 0.0271. The minimum Gasteiger partial charge on any atom is -0.508 e. The third kappa shape index (κ3) is 4.76. The molecule has 3 N–H and O–H groups in total. The Morgan fingerprint density at radius 2 is 1.76 bits per heavy atom. The molecule has 188 valence electrons. The summed E-state index contributed by atoms with van der Waals surface area (Å²) in [6.07, 6.45) is 0. The Morgan fingerprint density at radius 1 is 0.946 bits per heavy atom. The van der Waals surface area contributed by atoms with Crippen LogP contribution in [-0.4, -0.2) is 24.8 Å². The number of methoxy groups -OCH3 is 1. The zero-order valence-electron chi connectivity index (χ0n) is 20.6. The molecule has 0 fully saturated rings. The Kier molecular flexibility index (Phi) is 6.60. The smallest absolute Gasteiger partial charge is 0.340 e. The van der Waals surface area contributed by atoms with Gasteiger partial charge < -0.3 is 29.8 Å². The summed E-state index contributed by atoms with van der Waals surface area (Å²) in [6.45, 7) is 2.68. The number of rotatable bonds is 7. The highest BCUT2D eigenvalue weighted by atomic mass is 16.5. The first kappa shape index (κ1) is 24.1. The van der Waals surface area contributed by atoms with E-state index in [0.29, 0.717) is 36.0 Å². The fourth-order valence-electron chi connectivity index (χ4n) is 4.58. The van der Waals surface area contributed by atoms with Crippen LogP contribution >= 0.6 is 0 Å². The van der Waals surface area contributed by atoms with Gasteiger partial charge in [0.25, 0.3) is 0 Å². The van der Waals surface area contributed by atoms with E-state index in [1.807, 2.05) is 43.3 Å². The molecule has 0 unspecified atom stereocenters. The summed E-state index contributed by atoms with van der Waals surface area (Å²) in [6, 6.07) is 24.6. The van der Waals surface area contributed by atoms with Crippen molar-refractivity contribution >= 4 is 16.7 Å². The summed E-state index contributed by atoms with van der Waals surface area (Å²) in [5.74, 6) is 0.235. The molecule has 4 aromatic carbocycles. The minimum atomic E-state index is -0.601. The molecule has 0 saturated carbocycles. The quantitative estimate of drug-likeness (QED) is 0.330. The van der Waals surface area contributed by atoms with Crippen LogP contribution in [0.1, 0.15) is 29.5 Å². The van der Waals surface area contributed by atoms with E-state index < -0.39 is 11.9 Å². The lowest BCUT2D eigenvalue weighted by Crippen LogP contribution is -2.27. The largest absolute Gasteiger partial charge is 0.508 e. The molecular formula is C30H27NO6. The molecule has 4 aromatic rings. The first-order chi connectivity index (χ1) is 18.0. The molecule has 0 radical (unpaired) electrons. The van der Waals surface area contributed by atoms with Crippen LogP contribution in [0.4, 0.5) is 0 Å². The van der Waals surface area contributed by atoms with Crippen molar-refractivity contribution in [1.82, 2.24) is 0 Å². The number of phenolic OH excluding ortho intramolecular Hbond substituents is 1. The van der Waals surface area contributed by atoms with E-state index in [-0.39, 0.29) is 17.2 Å². The van der Waals surface area contributed by atoms with Crippen molar-refractivity contribution in [3.05, 3.63) is 107 Å². The fraction of sp³-hybridized carbons (Fsp3) is 0.167. The predicted molar refractivity (Wildman–Crippen MR) is 140 cm³/mol. The normalized spacial score (nSPS) is 14.6. The number of esters is 1. The number of phenols is 1. The van der Waals surface area contributed by atoms with Crippen LogP contribution in [0.15, 0.2) is 90.3 Å². The fourth-order valence-corrected chi connectivity index (χ4v) is 4.58. The molecule has 0 bridgehead atoms. The van der Waals surface area contributed by atoms with Gasteiger partial charge in [0, 0.05) is 11.6 Å². The van der Waals surface area contributed by atoms with Crippen LogP contribution in [0.3, 0.4) is 0 Å². The number of nitrogens with two attached hydrogens (primary N) is 1. The highest BCUT2D eigenvalue weighted by Gasteiger charge is 2.36. The summed E-state index contributed by atoms with van der Waals surface area (Å²) in [5, 5.41) is 12.3. The maximum Gasteiger partial charge on any atom is 0.340 e. The third-order valence-corrected chi connectivity index (χ3v) is 6.30. The van der Waals surface area contributed by atoms with Gasteiger partial charge in [-0.1, -0.05) is 48.5 Å². The van der Waals surface area contributed by atoms with Gasteiger partial charge in [-0.15, -0.1) is 0 Å². The number of hydrogen-bond acceptors (Lipinski definition) is 7. The second kappa shape index (κ2) is 10.1. The van der Waals surface area contributed by atoms with E-state index in [2.05, 4.69) is 24.3 Å². The van der Waals surface area contributed by atoms with Gasteiger partial charge in [-0.05, 0) is 53.1 Å². The number of ether oxygens (including phenoxy) is 4. The van der Waals surface area contributed by atoms with E-state index in [4.69, 9.17) is 24.7 Å². The average molecular weight is 498 g/mol. The highest BCUT2D eigenvalue weighted by molar-refractivity contribution is 5.92. The lowest BCUT2D eigenvalue weighted by atomic mass is 9.83. The molecule has 0 aromatic heterocycles. The van der Waals surface area contributed by atoms with Crippen molar-refractivity contribution in [3.8, 4) is 23.0 Å². The number of carbonyl (C=O) groups is 1. The van der Waals surface area contributed by atoms with Crippen LogP contribution in [-0.2, 0) is 16.1 Å². The monoisotopic (exact) mass is 497 g/mol. The van der Waals surface area contributed by atoms with Gasteiger partial charge in [0.2, 0.25) is 5.88 Å². The van der Waals surface area contributed by atoms with E-state index in [9.17, 15) is 9.90 Å². The summed E-state index contributed by atoms with van der Waals surface area (Å²) in [5.41, 5.74) is 8.76. The summed E-state index contributed by atoms with van der Waals surface area (Å²) in [7, 11) is 1.29. The van der Waals surface area contributed by atoms with E-state index in [1.54, 1.807) is 6.07 Å². The van der Waals surface area contributed by atoms with E-state index in [1.165, 1.54) is 24.6 Å². The molecule has 0 spiro atoms. The van der Waals surface area contributed by atoms with Gasteiger partial charge >= 0.3 is 5.97 Å². The van der Waals surface area contributed by atoms with Crippen LogP contribution in [0.2, 0.25) is 0 Å². The number of benzene rings is 4. The Hall–Kier alpha value is -4.65. The predicted octanol–water partition coefficient (Wildman–Crippen LogP) is 5.39. The Labute approximate surface area is 214 Å². The van der Waals surface area contributed by atoms with E-state index in [0.717, 1.165) is 16.5 Å². The molecule has 1 aliphatic heterocycles. The molecule has 7 heteroatoms.